The first-order valence-electron chi connectivity index (χ1n) is 9.15. The quantitative estimate of drug-likeness (QED) is 0.777. The van der Waals surface area contributed by atoms with Crippen LogP contribution in [0.25, 0.3) is 0 Å². The second-order valence-corrected chi connectivity index (χ2v) is 7.44. The molecule has 0 amide bonds. The van der Waals surface area contributed by atoms with Crippen molar-refractivity contribution in [3.63, 3.8) is 0 Å². The van der Waals surface area contributed by atoms with E-state index < -0.39 is 0 Å². The molecule has 0 saturated carbocycles. The smallest absolute Gasteiger partial charge is 0.0622 e. The third-order valence-electron chi connectivity index (χ3n) is 5.49. The maximum Gasteiger partial charge on any atom is 0.0622 e. The Morgan fingerprint density at radius 3 is 2.43 bits per heavy atom. The minimum absolute atomic E-state index is 0.498. The Hall–Kier alpha value is -1.37. The van der Waals surface area contributed by atoms with Crippen LogP contribution in [-0.4, -0.2) is 42.5 Å². The predicted octanol–water partition coefficient (Wildman–Crippen LogP) is 3.67. The highest BCUT2D eigenvalue weighted by atomic mass is 15.2. The summed E-state index contributed by atoms with van der Waals surface area (Å²) in [6, 6.07) is 13.2. The van der Waals surface area contributed by atoms with Crippen molar-refractivity contribution in [3.8, 4) is 6.07 Å². The SMILES string of the molecule is N#CCCCN1CCCC2(CCCN(Cc3ccccc3)C2)C1. The van der Waals surface area contributed by atoms with E-state index in [9.17, 15) is 0 Å². The highest BCUT2D eigenvalue weighted by molar-refractivity contribution is 5.14. The minimum atomic E-state index is 0.498. The highest BCUT2D eigenvalue weighted by Gasteiger charge is 2.38. The average Bonchev–Trinajstić information content (AvgIpc) is 2.56. The van der Waals surface area contributed by atoms with Gasteiger partial charge in [0.2, 0.25) is 0 Å². The maximum absolute atomic E-state index is 8.74. The van der Waals surface area contributed by atoms with E-state index in [0.29, 0.717) is 11.8 Å². The Bertz CT molecular complexity index is 517. The molecule has 2 fully saturated rings. The molecule has 0 aliphatic carbocycles. The molecule has 3 heteroatoms. The van der Waals surface area contributed by atoms with Crippen LogP contribution in [0.3, 0.4) is 0 Å². The van der Waals surface area contributed by atoms with Crippen LogP contribution in [0.15, 0.2) is 30.3 Å². The van der Waals surface area contributed by atoms with Crippen molar-refractivity contribution in [2.24, 2.45) is 5.41 Å². The van der Waals surface area contributed by atoms with E-state index in [0.717, 1.165) is 19.5 Å². The molecule has 1 aromatic carbocycles. The van der Waals surface area contributed by atoms with Gasteiger partial charge in [-0.3, -0.25) is 4.90 Å². The third kappa shape index (κ3) is 4.56. The van der Waals surface area contributed by atoms with Crippen LogP contribution in [0.1, 0.15) is 44.1 Å². The number of nitrogens with zero attached hydrogens (tertiary/aromatic N) is 3. The fraction of sp³-hybridized carbons (Fsp3) is 0.650. The van der Waals surface area contributed by atoms with Crippen LogP contribution >= 0.6 is 0 Å². The van der Waals surface area contributed by atoms with Gasteiger partial charge in [-0.25, -0.2) is 0 Å². The van der Waals surface area contributed by atoms with Crippen LogP contribution in [0.4, 0.5) is 0 Å². The number of hydrogen-bond acceptors (Lipinski definition) is 3. The Morgan fingerprint density at radius 1 is 1.00 bits per heavy atom. The van der Waals surface area contributed by atoms with Crippen molar-refractivity contribution in [2.75, 3.05) is 32.7 Å². The summed E-state index contributed by atoms with van der Waals surface area (Å²) in [4.78, 5) is 5.28. The Labute approximate surface area is 140 Å². The summed E-state index contributed by atoms with van der Waals surface area (Å²) in [6.07, 6.45) is 7.15. The summed E-state index contributed by atoms with van der Waals surface area (Å²) in [6.45, 7) is 7.16. The molecule has 3 rings (SSSR count). The van der Waals surface area contributed by atoms with E-state index in [-0.39, 0.29) is 0 Å². The van der Waals surface area contributed by atoms with Gasteiger partial charge >= 0.3 is 0 Å². The zero-order chi connectivity index (χ0) is 16.0. The van der Waals surface area contributed by atoms with Gasteiger partial charge in [0.1, 0.15) is 0 Å². The maximum atomic E-state index is 8.74. The standard InChI is InChI=1S/C20H29N3/c21-12-4-5-13-22-14-6-10-20(17-22)11-7-15-23(18-20)16-19-8-2-1-3-9-19/h1-3,8-9H,4-7,10-11,13-18H2. The predicted molar refractivity (Wildman–Crippen MR) is 93.9 cm³/mol. The van der Waals surface area contributed by atoms with E-state index in [1.165, 1.54) is 57.4 Å². The molecule has 0 aromatic heterocycles. The van der Waals surface area contributed by atoms with E-state index in [4.69, 9.17) is 5.26 Å². The first-order valence-corrected chi connectivity index (χ1v) is 9.15. The van der Waals surface area contributed by atoms with Crippen molar-refractivity contribution in [1.82, 2.24) is 9.80 Å². The van der Waals surface area contributed by atoms with Crippen LogP contribution in [0.5, 0.6) is 0 Å². The van der Waals surface area contributed by atoms with Crippen molar-refractivity contribution in [2.45, 2.75) is 45.1 Å². The average molecular weight is 311 g/mol. The number of rotatable bonds is 5. The van der Waals surface area contributed by atoms with Crippen LogP contribution in [0, 0.1) is 16.7 Å². The van der Waals surface area contributed by atoms with Crippen LogP contribution in [0.2, 0.25) is 0 Å². The van der Waals surface area contributed by atoms with Gasteiger partial charge in [0.15, 0.2) is 0 Å². The molecule has 2 saturated heterocycles. The zero-order valence-electron chi connectivity index (χ0n) is 14.2. The lowest BCUT2D eigenvalue weighted by Gasteiger charge is -2.48. The first-order chi connectivity index (χ1) is 11.3. The summed E-state index contributed by atoms with van der Waals surface area (Å²) < 4.78 is 0. The molecule has 124 valence electrons. The van der Waals surface area contributed by atoms with E-state index >= 15 is 0 Å². The summed E-state index contributed by atoms with van der Waals surface area (Å²) >= 11 is 0. The molecule has 1 unspecified atom stereocenters. The molecular formula is C20H29N3. The largest absolute Gasteiger partial charge is 0.303 e. The van der Waals surface area contributed by atoms with Gasteiger partial charge in [-0.1, -0.05) is 30.3 Å². The molecule has 2 aliphatic rings. The van der Waals surface area contributed by atoms with E-state index in [1.54, 1.807) is 0 Å². The van der Waals surface area contributed by atoms with Gasteiger partial charge in [-0.15, -0.1) is 0 Å². The molecule has 3 nitrogen and oxygen atoms in total. The molecule has 0 bridgehead atoms. The summed E-state index contributed by atoms with van der Waals surface area (Å²) in [7, 11) is 0. The summed E-state index contributed by atoms with van der Waals surface area (Å²) in [5, 5.41) is 8.74. The Balaban J connectivity index is 1.57. The lowest BCUT2D eigenvalue weighted by molar-refractivity contribution is 0.0105. The Morgan fingerprint density at radius 2 is 1.70 bits per heavy atom. The van der Waals surface area contributed by atoms with Crippen molar-refractivity contribution >= 4 is 0 Å². The third-order valence-corrected chi connectivity index (χ3v) is 5.49. The number of benzene rings is 1. The van der Waals surface area contributed by atoms with E-state index in [2.05, 4.69) is 46.2 Å². The minimum Gasteiger partial charge on any atom is -0.303 e. The number of likely N-dealkylation sites (tertiary alicyclic amines) is 2. The zero-order valence-corrected chi connectivity index (χ0v) is 14.2. The molecule has 23 heavy (non-hydrogen) atoms. The fourth-order valence-corrected chi connectivity index (χ4v) is 4.50. The second kappa shape index (κ2) is 7.95. The second-order valence-electron chi connectivity index (χ2n) is 7.44. The summed E-state index contributed by atoms with van der Waals surface area (Å²) in [5.74, 6) is 0. The number of unbranched alkanes of at least 4 members (excludes halogenated alkanes) is 1. The van der Waals surface area contributed by atoms with Crippen molar-refractivity contribution in [1.29, 1.82) is 5.26 Å². The molecule has 1 aromatic rings. The molecule has 1 spiro atoms. The van der Waals surface area contributed by atoms with Gasteiger partial charge in [0, 0.05) is 26.1 Å². The number of nitriles is 1. The molecule has 2 aliphatic heterocycles. The van der Waals surface area contributed by atoms with Gasteiger partial charge in [-0.2, -0.15) is 5.26 Å². The van der Waals surface area contributed by atoms with Gasteiger partial charge in [-0.05, 0) is 62.7 Å². The lowest BCUT2D eigenvalue weighted by atomic mass is 9.73. The van der Waals surface area contributed by atoms with E-state index in [1.807, 2.05) is 0 Å². The number of piperidine rings is 2. The molecule has 0 radical (unpaired) electrons. The molecule has 2 heterocycles. The Kier molecular flexibility index (Phi) is 5.70. The van der Waals surface area contributed by atoms with Crippen LogP contribution < -0.4 is 0 Å². The van der Waals surface area contributed by atoms with Gasteiger partial charge < -0.3 is 4.90 Å². The number of hydrogen-bond donors (Lipinski definition) is 0. The molecule has 0 N–H and O–H groups in total. The summed E-state index contributed by atoms with van der Waals surface area (Å²) in [5.41, 5.74) is 1.93. The van der Waals surface area contributed by atoms with Gasteiger partial charge in [0.25, 0.3) is 0 Å². The topological polar surface area (TPSA) is 30.3 Å². The van der Waals surface area contributed by atoms with Crippen molar-refractivity contribution in [3.05, 3.63) is 35.9 Å². The molecular weight excluding hydrogens is 282 g/mol. The lowest BCUT2D eigenvalue weighted by Crippen LogP contribution is -2.52. The monoisotopic (exact) mass is 311 g/mol. The van der Waals surface area contributed by atoms with Gasteiger partial charge in [0.05, 0.1) is 6.07 Å². The van der Waals surface area contributed by atoms with Crippen LogP contribution in [-0.2, 0) is 6.54 Å². The fourth-order valence-electron chi connectivity index (χ4n) is 4.50. The normalized spacial score (nSPS) is 26.2. The van der Waals surface area contributed by atoms with Crippen molar-refractivity contribution < 1.29 is 0 Å². The first kappa shape index (κ1) is 16.5. The molecule has 1 atom stereocenters. The highest BCUT2D eigenvalue weighted by Crippen LogP contribution is 2.38.